The average molecular weight is 375 g/mol. The van der Waals surface area contributed by atoms with E-state index >= 15 is 0 Å². The lowest BCUT2D eigenvalue weighted by Gasteiger charge is -2.17. The molecule has 0 aromatic carbocycles. The third kappa shape index (κ3) is 3.59. The normalized spacial score (nSPS) is 24.1. The second-order valence-corrected chi connectivity index (χ2v) is 8.20. The van der Waals surface area contributed by atoms with Crippen LogP contribution in [0.25, 0.3) is 0 Å². The third-order valence-electron chi connectivity index (χ3n) is 5.78. The molecule has 8 nitrogen and oxygen atoms in total. The van der Waals surface area contributed by atoms with E-state index in [-0.39, 0.29) is 24.4 Å². The fourth-order valence-electron chi connectivity index (χ4n) is 4.23. The van der Waals surface area contributed by atoms with Crippen molar-refractivity contribution in [2.45, 2.75) is 83.9 Å². The lowest BCUT2D eigenvalue weighted by atomic mass is 9.89. The summed E-state index contributed by atoms with van der Waals surface area (Å²) in [6.45, 7) is 7.06. The van der Waals surface area contributed by atoms with Crippen molar-refractivity contribution >= 4 is 0 Å². The molecule has 8 heteroatoms. The standard InChI is InChI=1S/C19H29N5O3/c1-12(2)24-17(16-13(3)9-10-26-16)21-23(19(24)25)11-15-20-18(27-22-15)14-7-5-4-6-8-14/h12-14,16H,4-11H2,1-3H3/t13-,16+/m1/s1. The van der Waals surface area contributed by atoms with E-state index in [9.17, 15) is 4.79 Å². The third-order valence-corrected chi connectivity index (χ3v) is 5.78. The Morgan fingerprint density at radius 1 is 1.19 bits per heavy atom. The predicted octanol–water partition coefficient (Wildman–Crippen LogP) is 3.20. The molecule has 2 fully saturated rings. The Bertz CT molecular complexity index is 831. The first-order valence-corrected chi connectivity index (χ1v) is 10.2. The molecule has 148 valence electrons. The topological polar surface area (TPSA) is 88.0 Å². The first-order valence-electron chi connectivity index (χ1n) is 10.2. The molecule has 2 aromatic rings. The second-order valence-electron chi connectivity index (χ2n) is 8.20. The van der Waals surface area contributed by atoms with Crippen LogP contribution in [0.1, 0.15) is 94.9 Å². The summed E-state index contributed by atoms with van der Waals surface area (Å²) in [6.07, 6.45) is 6.76. The highest BCUT2D eigenvalue weighted by atomic mass is 16.5. The summed E-state index contributed by atoms with van der Waals surface area (Å²) in [4.78, 5) is 17.5. The predicted molar refractivity (Wildman–Crippen MR) is 98.6 cm³/mol. The van der Waals surface area contributed by atoms with Gasteiger partial charge in [-0.2, -0.15) is 10.1 Å². The summed E-state index contributed by atoms with van der Waals surface area (Å²) < 4.78 is 14.5. The Morgan fingerprint density at radius 2 is 1.96 bits per heavy atom. The number of hydrogen-bond acceptors (Lipinski definition) is 6. The minimum atomic E-state index is -0.147. The molecule has 2 aliphatic rings. The van der Waals surface area contributed by atoms with Crippen LogP contribution in [0.3, 0.4) is 0 Å². The zero-order valence-electron chi connectivity index (χ0n) is 16.4. The molecule has 27 heavy (non-hydrogen) atoms. The van der Waals surface area contributed by atoms with E-state index in [1.54, 1.807) is 4.57 Å². The summed E-state index contributed by atoms with van der Waals surface area (Å²) in [6, 6.07) is 0.0146. The number of hydrogen-bond donors (Lipinski definition) is 0. The molecule has 0 radical (unpaired) electrons. The Morgan fingerprint density at radius 3 is 2.63 bits per heavy atom. The smallest absolute Gasteiger partial charge is 0.346 e. The Balaban J connectivity index is 1.59. The molecule has 3 heterocycles. The SMILES string of the molecule is CC(C)n1c([C@H]2OCC[C@H]2C)nn(Cc2noc(C3CCCCC3)n2)c1=O. The van der Waals surface area contributed by atoms with Crippen LogP contribution < -0.4 is 5.69 Å². The molecule has 1 aliphatic carbocycles. The van der Waals surface area contributed by atoms with Gasteiger partial charge in [0.1, 0.15) is 12.6 Å². The van der Waals surface area contributed by atoms with Crippen LogP contribution in [0, 0.1) is 5.92 Å². The Labute approximate surface area is 158 Å². The van der Waals surface area contributed by atoms with Crippen LogP contribution in [0.2, 0.25) is 0 Å². The lowest BCUT2D eigenvalue weighted by molar-refractivity contribution is 0.0825. The van der Waals surface area contributed by atoms with Crippen LogP contribution in [-0.2, 0) is 11.3 Å². The maximum Gasteiger partial charge on any atom is 0.346 e. The number of rotatable bonds is 5. The van der Waals surface area contributed by atoms with Gasteiger partial charge >= 0.3 is 5.69 Å². The molecular formula is C19H29N5O3. The van der Waals surface area contributed by atoms with E-state index in [0.717, 1.165) is 19.3 Å². The lowest BCUT2D eigenvalue weighted by Crippen LogP contribution is -2.28. The molecule has 1 aliphatic heterocycles. The monoisotopic (exact) mass is 375 g/mol. The van der Waals surface area contributed by atoms with E-state index in [2.05, 4.69) is 22.2 Å². The van der Waals surface area contributed by atoms with Crippen molar-refractivity contribution in [3.8, 4) is 0 Å². The molecule has 0 N–H and O–H groups in total. The van der Waals surface area contributed by atoms with Gasteiger partial charge in [-0.3, -0.25) is 4.57 Å². The molecule has 2 atom stereocenters. The van der Waals surface area contributed by atoms with E-state index < -0.39 is 0 Å². The van der Waals surface area contributed by atoms with Crippen LogP contribution >= 0.6 is 0 Å². The highest BCUT2D eigenvalue weighted by Crippen LogP contribution is 2.34. The first-order chi connectivity index (χ1) is 13.0. The number of ether oxygens (including phenoxy) is 1. The van der Waals surface area contributed by atoms with Gasteiger partial charge in [-0.15, -0.1) is 0 Å². The molecule has 4 rings (SSSR count). The fraction of sp³-hybridized carbons (Fsp3) is 0.789. The van der Waals surface area contributed by atoms with Crippen molar-refractivity contribution in [3.63, 3.8) is 0 Å². The molecule has 0 bridgehead atoms. The van der Waals surface area contributed by atoms with Crippen molar-refractivity contribution in [1.29, 1.82) is 0 Å². The van der Waals surface area contributed by atoms with Crippen molar-refractivity contribution in [2.24, 2.45) is 5.92 Å². The quantitative estimate of drug-likeness (QED) is 0.797. The Kier molecular flexibility index (Phi) is 5.16. The number of aromatic nitrogens is 5. The largest absolute Gasteiger partial charge is 0.370 e. The molecular weight excluding hydrogens is 346 g/mol. The van der Waals surface area contributed by atoms with Gasteiger partial charge in [0.15, 0.2) is 11.6 Å². The van der Waals surface area contributed by atoms with Gasteiger partial charge in [-0.25, -0.2) is 9.48 Å². The van der Waals surface area contributed by atoms with Crippen LogP contribution in [0.5, 0.6) is 0 Å². The maximum absolute atomic E-state index is 12.9. The molecule has 0 unspecified atom stereocenters. The van der Waals surface area contributed by atoms with Crippen LogP contribution in [-0.4, -0.2) is 31.1 Å². The van der Waals surface area contributed by atoms with E-state index in [0.29, 0.717) is 36.0 Å². The number of nitrogens with zero attached hydrogens (tertiary/aromatic N) is 5. The maximum atomic E-state index is 12.9. The summed E-state index contributed by atoms with van der Waals surface area (Å²) in [5.41, 5.74) is -0.147. The first kappa shape index (κ1) is 18.4. The highest BCUT2D eigenvalue weighted by Gasteiger charge is 2.33. The minimum Gasteiger partial charge on any atom is -0.370 e. The molecule has 0 amide bonds. The minimum absolute atomic E-state index is 0.0146. The summed E-state index contributed by atoms with van der Waals surface area (Å²) in [7, 11) is 0. The van der Waals surface area contributed by atoms with Crippen molar-refractivity contribution in [1.82, 2.24) is 24.5 Å². The van der Waals surface area contributed by atoms with Gasteiger partial charge in [-0.05, 0) is 39.0 Å². The summed E-state index contributed by atoms with van der Waals surface area (Å²) in [5.74, 6) is 2.62. The molecule has 1 saturated carbocycles. The van der Waals surface area contributed by atoms with Crippen LogP contribution in [0.4, 0.5) is 0 Å². The zero-order chi connectivity index (χ0) is 19.0. The van der Waals surface area contributed by atoms with Crippen molar-refractivity contribution < 1.29 is 9.26 Å². The van der Waals surface area contributed by atoms with Gasteiger partial charge in [0, 0.05) is 18.6 Å². The van der Waals surface area contributed by atoms with Gasteiger partial charge in [-0.1, -0.05) is 31.3 Å². The summed E-state index contributed by atoms with van der Waals surface area (Å²) in [5, 5.41) is 8.70. The van der Waals surface area contributed by atoms with Crippen molar-refractivity contribution in [2.75, 3.05) is 6.61 Å². The second kappa shape index (κ2) is 7.58. The van der Waals surface area contributed by atoms with E-state index in [1.165, 1.54) is 23.9 Å². The van der Waals surface area contributed by atoms with E-state index in [1.807, 2.05) is 13.8 Å². The average Bonchev–Trinajstić information content (AvgIpc) is 3.36. The van der Waals surface area contributed by atoms with Gasteiger partial charge in [0.25, 0.3) is 0 Å². The zero-order valence-corrected chi connectivity index (χ0v) is 16.4. The summed E-state index contributed by atoms with van der Waals surface area (Å²) >= 11 is 0. The van der Waals surface area contributed by atoms with E-state index in [4.69, 9.17) is 9.26 Å². The van der Waals surface area contributed by atoms with Gasteiger partial charge < -0.3 is 9.26 Å². The molecule has 1 saturated heterocycles. The Hall–Kier alpha value is -1.96. The molecule has 0 spiro atoms. The molecule has 2 aromatic heterocycles. The van der Waals surface area contributed by atoms with Gasteiger partial charge in [0.2, 0.25) is 5.89 Å². The highest BCUT2D eigenvalue weighted by molar-refractivity contribution is 5.01. The fourth-order valence-corrected chi connectivity index (χ4v) is 4.23. The van der Waals surface area contributed by atoms with Crippen molar-refractivity contribution in [3.05, 3.63) is 28.0 Å². The van der Waals surface area contributed by atoms with Gasteiger partial charge in [0.05, 0.1) is 0 Å². The van der Waals surface area contributed by atoms with Crippen LogP contribution in [0.15, 0.2) is 9.32 Å².